The predicted molar refractivity (Wildman–Crippen MR) is 69.5 cm³/mol. The second kappa shape index (κ2) is 10.8. The van der Waals surface area contributed by atoms with Gasteiger partial charge in [-0.1, -0.05) is 19.9 Å². The van der Waals surface area contributed by atoms with E-state index in [-0.39, 0.29) is 0 Å². The van der Waals surface area contributed by atoms with Crippen LogP contribution in [0.3, 0.4) is 0 Å². The third-order valence-corrected chi connectivity index (χ3v) is 1.30. The van der Waals surface area contributed by atoms with Crippen LogP contribution in [0.5, 0.6) is 0 Å². The smallest absolute Gasteiger partial charge is 0.0364 e. The SMILES string of the molecule is CCN.CCN.Cc1ccc(N)cc1N. The lowest BCUT2D eigenvalue weighted by Crippen LogP contribution is -1.91. The molecule has 0 spiro atoms. The Balaban J connectivity index is 0. The fourth-order valence-corrected chi connectivity index (χ4v) is 0.659. The van der Waals surface area contributed by atoms with Gasteiger partial charge in [-0.2, -0.15) is 0 Å². The first kappa shape index (κ1) is 16.2. The third kappa shape index (κ3) is 10.7. The van der Waals surface area contributed by atoms with Crippen LogP contribution in [-0.4, -0.2) is 13.1 Å². The van der Waals surface area contributed by atoms with Crippen molar-refractivity contribution in [2.45, 2.75) is 20.8 Å². The van der Waals surface area contributed by atoms with E-state index in [0.29, 0.717) is 0 Å². The van der Waals surface area contributed by atoms with Crippen molar-refractivity contribution in [2.24, 2.45) is 11.5 Å². The highest BCUT2D eigenvalue weighted by Gasteiger charge is 1.90. The van der Waals surface area contributed by atoms with Crippen molar-refractivity contribution in [3.05, 3.63) is 23.8 Å². The zero-order valence-corrected chi connectivity index (χ0v) is 9.96. The molecule has 1 aromatic rings. The van der Waals surface area contributed by atoms with Gasteiger partial charge in [-0.15, -0.1) is 0 Å². The monoisotopic (exact) mass is 212 g/mol. The van der Waals surface area contributed by atoms with Gasteiger partial charge < -0.3 is 22.9 Å². The average Bonchev–Trinajstić information content (AvgIpc) is 2.14. The van der Waals surface area contributed by atoms with Gasteiger partial charge in [0.15, 0.2) is 0 Å². The molecule has 15 heavy (non-hydrogen) atoms. The molecule has 4 heteroatoms. The van der Waals surface area contributed by atoms with Gasteiger partial charge in [0, 0.05) is 11.4 Å². The van der Waals surface area contributed by atoms with Crippen molar-refractivity contribution >= 4 is 11.4 Å². The van der Waals surface area contributed by atoms with Crippen LogP contribution in [-0.2, 0) is 0 Å². The molecule has 1 rings (SSSR count). The summed E-state index contributed by atoms with van der Waals surface area (Å²) >= 11 is 0. The topological polar surface area (TPSA) is 104 Å². The van der Waals surface area contributed by atoms with Gasteiger partial charge in [0.25, 0.3) is 0 Å². The Hall–Kier alpha value is -1.26. The van der Waals surface area contributed by atoms with Crippen LogP contribution in [0.4, 0.5) is 11.4 Å². The summed E-state index contributed by atoms with van der Waals surface area (Å²) in [7, 11) is 0. The molecule has 0 radical (unpaired) electrons. The summed E-state index contributed by atoms with van der Waals surface area (Å²) in [4.78, 5) is 0. The number of hydrogen-bond acceptors (Lipinski definition) is 4. The molecule has 88 valence electrons. The standard InChI is InChI=1S/C7H10N2.2C2H7N/c1-5-2-3-6(8)4-7(5)9;2*1-2-3/h2-4H,8-9H2,1H3;2*2-3H2,1H3. The van der Waals surface area contributed by atoms with E-state index in [2.05, 4.69) is 0 Å². The van der Waals surface area contributed by atoms with E-state index in [1.165, 1.54) is 0 Å². The first-order valence-corrected chi connectivity index (χ1v) is 5.05. The minimum Gasteiger partial charge on any atom is -0.399 e. The molecule has 8 N–H and O–H groups in total. The van der Waals surface area contributed by atoms with Crippen molar-refractivity contribution in [2.75, 3.05) is 24.6 Å². The van der Waals surface area contributed by atoms with Crippen molar-refractivity contribution < 1.29 is 0 Å². The maximum Gasteiger partial charge on any atom is 0.0364 e. The molecule has 0 bridgehead atoms. The second-order valence-electron chi connectivity index (χ2n) is 2.93. The Labute approximate surface area is 92.6 Å². The molecule has 0 aromatic heterocycles. The minimum atomic E-state index is 0.720. The van der Waals surface area contributed by atoms with Gasteiger partial charge in [-0.3, -0.25) is 0 Å². The van der Waals surface area contributed by atoms with Crippen molar-refractivity contribution in [1.82, 2.24) is 0 Å². The molecule has 0 aliphatic carbocycles. The highest BCUT2D eigenvalue weighted by atomic mass is 14.6. The van der Waals surface area contributed by atoms with Crippen LogP contribution in [0, 0.1) is 6.92 Å². The normalized spacial score (nSPS) is 8.07. The van der Waals surface area contributed by atoms with Gasteiger partial charge in [-0.05, 0) is 37.7 Å². The van der Waals surface area contributed by atoms with Crippen molar-refractivity contribution in [3.8, 4) is 0 Å². The Morgan fingerprint density at radius 1 is 1.00 bits per heavy atom. The molecular formula is C11H24N4. The summed E-state index contributed by atoms with van der Waals surface area (Å²) in [6.07, 6.45) is 0. The zero-order chi connectivity index (χ0) is 12.3. The van der Waals surface area contributed by atoms with Gasteiger partial charge in [0.05, 0.1) is 0 Å². The van der Waals surface area contributed by atoms with E-state index in [0.717, 1.165) is 30.0 Å². The van der Waals surface area contributed by atoms with Crippen LogP contribution in [0.25, 0.3) is 0 Å². The molecule has 1 aromatic carbocycles. The average molecular weight is 212 g/mol. The number of rotatable bonds is 0. The maximum absolute atomic E-state index is 5.54. The van der Waals surface area contributed by atoms with Gasteiger partial charge in [-0.25, -0.2) is 0 Å². The molecule has 0 aliphatic heterocycles. The fourth-order valence-electron chi connectivity index (χ4n) is 0.659. The van der Waals surface area contributed by atoms with E-state index in [1.54, 1.807) is 6.07 Å². The minimum absolute atomic E-state index is 0.720. The van der Waals surface area contributed by atoms with Crippen molar-refractivity contribution in [3.63, 3.8) is 0 Å². The molecule has 0 fully saturated rings. The number of anilines is 2. The Kier molecular flexibility index (Phi) is 11.7. The van der Waals surface area contributed by atoms with Gasteiger partial charge in [0.2, 0.25) is 0 Å². The van der Waals surface area contributed by atoms with Crippen LogP contribution in [0.1, 0.15) is 19.4 Å². The second-order valence-corrected chi connectivity index (χ2v) is 2.93. The summed E-state index contributed by atoms with van der Waals surface area (Å²) in [5, 5.41) is 0. The largest absolute Gasteiger partial charge is 0.399 e. The molecule has 4 nitrogen and oxygen atoms in total. The molecule has 0 aliphatic rings. The van der Waals surface area contributed by atoms with E-state index >= 15 is 0 Å². The summed E-state index contributed by atoms with van der Waals surface area (Å²) in [5.74, 6) is 0. The van der Waals surface area contributed by atoms with Crippen LogP contribution in [0.2, 0.25) is 0 Å². The number of hydrogen-bond donors (Lipinski definition) is 4. The predicted octanol–water partition coefficient (Wildman–Crippen LogP) is 1.09. The van der Waals surface area contributed by atoms with Crippen LogP contribution >= 0.6 is 0 Å². The molecule has 0 saturated heterocycles. The lowest BCUT2D eigenvalue weighted by atomic mass is 10.2. The fraction of sp³-hybridized carbons (Fsp3) is 0.455. The molecule has 0 saturated carbocycles. The van der Waals surface area contributed by atoms with Crippen molar-refractivity contribution in [1.29, 1.82) is 0 Å². The Morgan fingerprint density at radius 3 is 1.67 bits per heavy atom. The van der Waals surface area contributed by atoms with E-state index in [4.69, 9.17) is 22.9 Å². The highest BCUT2D eigenvalue weighted by Crippen LogP contribution is 2.13. The van der Waals surface area contributed by atoms with E-state index in [9.17, 15) is 0 Å². The molecule has 0 atom stereocenters. The summed E-state index contributed by atoms with van der Waals surface area (Å²) in [6, 6.07) is 5.51. The lowest BCUT2D eigenvalue weighted by molar-refractivity contribution is 1.14. The third-order valence-electron chi connectivity index (χ3n) is 1.30. The quantitative estimate of drug-likeness (QED) is 0.483. The van der Waals surface area contributed by atoms with Gasteiger partial charge in [0.1, 0.15) is 0 Å². The summed E-state index contributed by atoms with van der Waals surface area (Å²) in [5.41, 5.74) is 23.2. The van der Waals surface area contributed by atoms with Gasteiger partial charge >= 0.3 is 0 Å². The first-order valence-electron chi connectivity index (χ1n) is 5.05. The molecule has 0 unspecified atom stereocenters. The first-order chi connectivity index (χ1) is 7.03. The number of nitrogens with two attached hydrogens (primary N) is 4. The molecule has 0 amide bonds. The molecular weight excluding hydrogens is 188 g/mol. The number of aryl methyl sites for hydroxylation is 1. The van der Waals surface area contributed by atoms with E-state index in [1.807, 2.05) is 32.9 Å². The number of benzene rings is 1. The Bertz CT molecular complexity index is 246. The van der Waals surface area contributed by atoms with E-state index < -0.39 is 0 Å². The maximum atomic E-state index is 5.54. The van der Waals surface area contributed by atoms with Crippen LogP contribution in [0.15, 0.2) is 18.2 Å². The number of nitrogen functional groups attached to an aromatic ring is 2. The molecule has 0 heterocycles. The lowest BCUT2D eigenvalue weighted by Gasteiger charge is -1.98. The summed E-state index contributed by atoms with van der Waals surface area (Å²) in [6.45, 7) is 7.26. The zero-order valence-electron chi connectivity index (χ0n) is 9.96. The summed E-state index contributed by atoms with van der Waals surface area (Å²) < 4.78 is 0. The van der Waals surface area contributed by atoms with Crippen LogP contribution < -0.4 is 22.9 Å². The highest BCUT2D eigenvalue weighted by molar-refractivity contribution is 5.55. The Morgan fingerprint density at radius 2 is 1.40 bits per heavy atom.